The van der Waals surface area contributed by atoms with Crippen LogP contribution < -0.4 is 5.32 Å². The first-order chi connectivity index (χ1) is 9.81. The van der Waals surface area contributed by atoms with Crippen LogP contribution in [0.4, 0.5) is 0 Å². The third-order valence-corrected chi connectivity index (χ3v) is 4.24. The van der Waals surface area contributed by atoms with Crippen molar-refractivity contribution < 1.29 is 14.7 Å². The van der Waals surface area contributed by atoms with Gasteiger partial charge in [0.1, 0.15) is 0 Å². The summed E-state index contributed by atoms with van der Waals surface area (Å²) in [6, 6.07) is 8.22. The van der Waals surface area contributed by atoms with Crippen LogP contribution in [-0.2, 0) is 15.3 Å². The standard InChI is InChI=1S/C16H23NO3S/c1-12-5-4-6-13(9-12)10-21-11-14(18)17-8-7-16(2,3)15(19)20/h4-6,9H,7-8,10-11H2,1-3H3,(H,17,18)(H,19,20). The van der Waals surface area contributed by atoms with Gasteiger partial charge in [-0.25, -0.2) is 0 Å². The summed E-state index contributed by atoms with van der Waals surface area (Å²) < 4.78 is 0. The lowest BCUT2D eigenvalue weighted by Gasteiger charge is -2.18. The fourth-order valence-corrected chi connectivity index (χ4v) is 2.54. The van der Waals surface area contributed by atoms with Crippen LogP contribution in [-0.4, -0.2) is 29.3 Å². The van der Waals surface area contributed by atoms with Crippen molar-refractivity contribution >= 4 is 23.6 Å². The van der Waals surface area contributed by atoms with Gasteiger partial charge in [0.15, 0.2) is 0 Å². The number of carboxylic acids is 1. The minimum absolute atomic E-state index is 0.0474. The van der Waals surface area contributed by atoms with Crippen molar-refractivity contribution in [1.82, 2.24) is 5.32 Å². The van der Waals surface area contributed by atoms with Gasteiger partial charge < -0.3 is 10.4 Å². The Morgan fingerprint density at radius 3 is 2.67 bits per heavy atom. The van der Waals surface area contributed by atoms with E-state index in [1.807, 2.05) is 25.1 Å². The third-order valence-electron chi connectivity index (χ3n) is 3.24. The third kappa shape index (κ3) is 6.67. The van der Waals surface area contributed by atoms with Crippen molar-refractivity contribution in [3.05, 3.63) is 35.4 Å². The van der Waals surface area contributed by atoms with Crippen LogP contribution in [0.1, 0.15) is 31.4 Å². The van der Waals surface area contributed by atoms with Gasteiger partial charge in [-0.1, -0.05) is 29.8 Å². The summed E-state index contributed by atoms with van der Waals surface area (Å²) in [6.07, 6.45) is 0.427. The van der Waals surface area contributed by atoms with Crippen LogP contribution in [0.2, 0.25) is 0 Å². The highest BCUT2D eigenvalue weighted by atomic mass is 32.2. The zero-order valence-electron chi connectivity index (χ0n) is 12.8. The number of nitrogens with one attached hydrogen (secondary N) is 1. The van der Waals surface area contributed by atoms with Crippen molar-refractivity contribution in [2.75, 3.05) is 12.3 Å². The molecule has 0 fully saturated rings. The Morgan fingerprint density at radius 1 is 1.33 bits per heavy atom. The number of carbonyl (C=O) groups is 2. The molecule has 0 heterocycles. The highest BCUT2D eigenvalue weighted by molar-refractivity contribution is 7.99. The minimum Gasteiger partial charge on any atom is -0.481 e. The second kappa shape index (κ2) is 8.08. The van der Waals surface area contributed by atoms with E-state index in [1.165, 1.54) is 11.1 Å². The first-order valence-corrected chi connectivity index (χ1v) is 8.10. The monoisotopic (exact) mass is 309 g/mol. The summed E-state index contributed by atoms with van der Waals surface area (Å²) in [5.41, 5.74) is 1.62. The Morgan fingerprint density at radius 2 is 2.05 bits per heavy atom. The first-order valence-electron chi connectivity index (χ1n) is 6.94. The lowest BCUT2D eigenvalue weighted by Crippen LogP contribution is -2.32. The zero-order chi connectivity index (χ0) is 15.9. The summed E-state index contributed by atoms with van der Waals surface area (Å²) in [6.45, 7) is 5.76. The molecule has 1 rings (SSSR count). The zero-order valence-corrected chi connectivity index (χ0v) is 13.6. The van der Waals surface area contributed by atoms with Gasteiger partial charge in [-0.3, -0.25) is 9.59 Å². The molecule has 0 unspecified atom stereocenters. The molecule has 0 aliphatic heterocycles. The van der Waals surface area contributed by atoms with Crippen molar-refractivity contribution in [3.63, 3.8) is 0 Å². The number of benzene rings is 1. The average Bonchev–Trinajstić information content (AvgIpc) is 2.38. The maximum absolute atomic E-state index is 11.7. The Kier molecular flexibility index (Phi) is 6.75. The lowest BCUT2D eigenvalue weighted by molar-refractivity contribution is -0.147. The highest BCUT2D eigenvalue weighted by Gasteiger charge is 2.26. The average molecular weight is 309 g/mol. The smallest absolute Gasteiger partial charge is 0.309 e. The number of rotatable bonds is 8. The molecule has 2 N–H and O–H groups in total. The van der Waals surface area contributed by atoms with Crippen LogP contribution >= 0.6 is 11.8 Å². The quantitative estimate of drug-likeness (QED) is 0.775. The fourth-order valence-electron chi connectivity index (χ4n) is 1.74. The molecule has 0 saturated carbocycles. The Bertz CT molecular complexity index is 500. The molecule has 0 spiro atoms. The Labute approximate surface area is 130 Å². The van der Waals surface area contributed by atoms with E-state index in [-0.39, 0.29) is 5.91 Å². The summed E-state index contributed by atoms with van der Waals surface area (Å²) in [5.74, 6) is 0.302. The molecule has 0 aliphatic rings. The van der Waals surface area contributed by atoms with Crippen molar-refractivity contribution in [2.24, 2.45) is 5.41 Å². The predicted molar refractivity (Wildman–Crippen MR) is 86.4 cm³/mol. The van der Waals surface area contributed by atoms with Gasteiger partial charge >= 0.3 is 5.97 Å². The second-order valence-electron chi connectivity index (χ2n) is 5.77. The summed E-state index contributed by atoms with van der Waals surface area (Å²) in [5, 5.41) is 11.7. The summed E-state index contributed by atoms with van der Waals surface area (Å²) in [7, 11) is 0. The molecular formula is C16H23NO3S. The number of aliphatic carboxylic acids is 1. The van der Waals surface area contributed by atoms with Crippen LogP contribution in [0.3, 0.4) is 0 Å². The molecule has 21 heavy (non-hydrogen) atoms. The van der Waals surface area contributed by atoms with Gasteiger partial charge in [-0.05, 0) is 32.8 Å². The molecule has 0 aliphatic carbocycles. The van der Waals surface area contributed by atoms with E-state index >= 15 is 0 Å². The van der Waals surface area contributed by atoms with Crippen LogP contribution in [0.5, 0.6) is 0 Å². The molecule has 0 atom stereocenters. The number of carbonyl (C=O) groups excluding carboxylic acids is 1. The van der Waals surface area contributed by atoms with Gasteiger partial charge in [0, 0.05) is 12.3 Å². The second-order valence-corrected chi connectivity index (χ2v) is 6.76. The van der Waals surface area contributed by atoms with Crippen molar-refractivity contribution in [3.8, 4) is 0 Å². The van der Waals surface area contributed by atoms with Gasteiger partial charge in [0.25, 0.3) is 0 Å². The molecule has 1 aromatic carbocycles. The Balaban J connectivity index is 2.21. The minimum atomic E-state index is -0.842. The summed E-state index contributed by atoms with van der Waals surface area (Å²) >= 11 is 1.56. The normalized spacial score (nSPS) is 11.2. The molecule has 0 saturated heterocycles. The van der Waals surface area contributed by atoms with Crippen LogP contribution in [0.25, 0.3) is 0 Å². The van der Waals surface area contributed by atoms with Gasteiger partial charge in [-0.15, -0.1) is 11.8 Å². The fraction of sp³-hybridized carbons (Fsp3) is 0.500. The van der Waals surface area contributed by atoms with Crippen LogP contribution in [0.15, 0.2) is 24.3 Å². The topological polar surface area (TPSA) is 66.4 Å². The van der Waals surface area contributed by atoms with E-state index in [0.717, 1.165) is 5.75 Å². The molecule has 5 heteroatoms. The molecular weight excluding hydrogens is 286 g/mol. The van der Waals surface area contributed by atoms with E-state index in [0.29, 0.717) is 18.7 Å². The number of hydrogen-bond acceptors (Lipinski definition) is 3. The van der Waals surface area contributed by atoms with Gasteiger partial charge in [0.2, 0.25) is 5.91 Å². The number of carboxylic acid groups (broad SMARTS) is 1. The van der Waals surface area contributed by atoms with E-state index in [2.05, 4.69) is 11.4 Å². The van der Waals surface area contributed by atoms with Gasteiger partial charge in [-0.2, -0.15) is 0 Å². The maximum atomic E-state index is 11.7. The maximum Gasteiger partial charge on any atom is 0.309 e. The molecule has 0 radical (unpaired) electrons. The largest absolute Gasteiger partial charge is 0.481 e. The lowest BCUT2D eigenvalue weighted by atomic mass is 9.90. The first kappa shape index (κ1) is 17.6. The van der Waals surface area contributed by atoms with Crippen molar-refractivity contribution in [1.29, 1.82) is 0 Å². The highest BCUT2D eigenvalue weighted by Crippen LogP contribution is 2.19. The molecule has 0 aromatic heterocycles. The van der Waals surface area contributed by atoms with E-state index in [9.17, 15) is 9.59 Å². The van der Waals surface area contributed by atoms with E-state index in [4.69, 9.17) is 5.11 Å². The summed E-state index contributed by atoms with van der Waals surface area (Å²) in [4.78, 5) is 22.6. The molecule has 116 valence electrons. The van der Waals surface area contributed by atoms with Gasteiger partial charge in [0.05, 0.1) is 11.2 Å². The van der Waals surface area contributed by atoms with E-state index in [1.54, 1.807) is 25.6 Å². The Hall–Kier alpha value is -1.49. The molecule has 4 nitrogen and oxygen atoms in total. The molecule has 1 aromatic rings. The number of hydrogen-bond donors (Lipinski definition) is 2. The molecule has 1 amide bonds. The number of amides is 1. The number of aryl methyl sites for hydroxylation is 1. The molecule has 0 bridgehead atoms. The van der Waals surface area contributed by atoms with E-state index < -0.39 is 11.4 Å². The van der Waals surface area contributed by atoms with Crippen LogP contribution in [0, 0.1) is 12.3 Å². The predicted octanol–water partition coefficient (Wildman–Crippen LogP) is 2.85. The SMILES string of the molecule is Cc1cccc(CSCC(=O)NCCC(C)(C)C(=O)O)c1. The number of thioether (sulfide) groups is 1. The van der Waals surface area contributed by atoms with Crippen molar-refractivity contribution in [2.45, 2.75) is 32.9 Å².